The molecule has 0 aromatic heterocycles. The number of carbonyl (C=O) groups excluding carboxylic acids is 6. The fourth-order valence-corrected chi connectivity index (χ4v) is 2.28. The first-order chi connectivity index (χ1) is 17.7. The second kappa shape index (κ2) is 20.8. The third-order valence-corrected chi connectivity index (χ3v) is 4.04. The van der Waals surface area contributed by atoms with E-state index >= 15 is 0 Å². The highest BCUT2D eigenvalue weighted by Gasteiger charge is 2.03. The largest absolute Gasteiger partial charge is 0.300 e. The number of carbonyl (C=O) groups is 6. The zero-order valence-corrected chi connectivity index (χ0v) is 23.5. The number of Topliss-reactive ketones (excluding diaryl/α,β-unsaturated/α-hetero) is 6. The van der Waals surface area contributed by atoms with Crippen molar-refractivity contribution in [3.05, 3.63) is 107 Å². The number of rotatable bonds is 4. The average Bonchev–Trinajstić information content (AvgIpc) is 2.85. The van der Waals surface area contributed by atoms with Crippen LogP contribution >= 0.6 is 0 Å². The van der Waals surface area contributed by atoms with Crippen molar-refractivity contribution in [3.63, 3.8) is 0 Å². The molecule has 0 unspecified atom stereocenters. The van der Waals surface area contributed by atoms with E-state index in [1.165, 1.54) is 55.4 Å². The van der Waals surface area contributed by atoms with Crippen LogP contribution in [0.5, 0.6) is 0 Å². The van der Waals surface area contributed by atoms with Crippen molar-refractivity contribution in [2.45, 2.75) is 55.4 Å². The molecule has 3 aromatic carbocycles. The molecule has 202 valence electrons. The first kappa shape index (κ1) is 35.8. The van der Waals surface area contributed by atoms with Crippen LogP contribution in [0.4, 0.5) is 0 Å². The average molecular weight is 519 g/mol. The molecule has 38 heavy (non-hydrogen) atoms. The highest BCUT2D eigenvalue weighted by Crippen LogP contribution is 2.06. The SMILES string of the molecule is CC(=O)c1ccc(C(C)=O)cc1.CC(=O)c1cccc(C(C)=O)c1.CC(C)=O.CC(C)=O.c1ccccc1. The van der Waals surface area contributed by atoms with Gasteiger partial charge in [-0.2, -0.15) is 0 Å². The van der Waals surface area contributed by atoms with E-state index in [1.807, 2.05) is 36.4 Å². The van der Waals surface area contributed by atoms with Gasteiger partial charge in [0.1, 0.15) is 11.6 Å². The van der Waals surface area contributed by atoms with E-state index in [1.54, 1.807) is 48.5 Å². The summed E-state index contributed by atoms with van der Waals surface area (Å²) in [6.07, 6.45) is 0. The predicted octanol–water partition coefficient (Wildman–Crippen LogP) is 7.06. The Morgan fingerprint density at radius 2 is 0.553 bits per heavy atom. The zero-order chi connectivity index (χ0) is 29.7. The maximum absolute atomic E-state index is 10.9. The highest BCUT2D eigenvalue weighted by molar-refractivity contribution is 5.99. The van der Waals surface area contributed by atoms with Gasteiger partial charge in [-0.05, 0) is 61.5 Å². The van der Waals surface area contributed by atoms with E-state index in [0.717, 1.165) is 0 Å². The van der Waals surface area contributed by atoms with Gasteiger partial charge in [0.25, 0.3) is 0 Å². The molecule has 0 radical (unpaired) electrons. The molecule has 0 amide bonds. The van der Waals surface area contributed by atoms with E-state index in [4.69, 9.17) is 0 Å². The summed E-state index contributed by atoms with van der Waals surface area (Å²) in [5.74, 6) is 0.339. The molecule has 6 nitrogen and oxygen atoms in total. The third-order valence-electron chi connectivity index (χ3n) is 4.04. The first-order valence-electron chi connectivity index (χ1n) is 11.9. The second-order valence-corrected chi connectivity index (χ2v) is 8.35. The predicted molar refractivity (Wildman–Crippen MR) is 152 cm³/mol. The van der Waals surface area contributed by atoms with Crippen LogP contribution in [0, 0.1) is 0 Å². The van der Waals surface area contributed by atoms with Gasteiger partial charge in [0.2, 0.25) is 0 Å². The molecule has 0 N–H and O–H groups in total. The first-order valence-corrected chi connectivity index (χ1v) is 11.9. The van der Waals surface area contributed by atoms with Crippen LogP contribution in [0.1, 0.15) is 96.8 Å². The minimum absolute atomic E-state index is 0.0156. The lowest BCUT2D eigenvalue weighted by atomic mass is 10.1. The third kappa shape index (κ3) is 21.0. The molecule has 3 rings (SSSR count). The molecule has 0 aliphatic carbocycles. The van der Waals surface area contributed by atoms with Crippen molar-refractivity contribution in [2.24, 2.45) is 0 Å². The molecule has 0 aliphatic heterocycles. The summed E-state index contributed by atoms with van der Waals surface area (Å²) in [5.41, 5.74) is 2.45. The van der Waals surface area contributed by atoms with E-state index < -0.39 is 0 Å². The van der Waals surface area contributed by atoms with E-state index in [2.05, 4.69) is 0 Å². The topological polar surface area (TPSA) is 102 Å². The monoisotopic (exact) mass is 518 g/mol. The summed E-state index contributed by atoms with van der Waals surface area (Å²) >= 11 is 0. The molecule has 6 heteroatoms. The molecule has 0 saturated carbocycles. The molecule has 0 atom stereocenters. The van der Waals surface area contributed by atoms with Crippen LogP contribution in [-0.4, -0.2) is 34.7 Å². The van der Waals surface area contributed by atoms with Gasteiger partial charge in [-0.1, -0.05) is 78.9 Å². The minimum Gasteiger partial charge on any atom is -0.300 e. The molecule has 0 bridgehead atoms. The Hall–Kier alpha value is -4.32. The van der Waals surface area contributed by atoms with E-state index in [9.17, 15) is 28.8 Å². The summed E-state index contributed by atoms with van der Waals surface area (Å²) < 4.78 is 0. The summed E-state index contributed by atoms with van der Waals surface area (Å²) in [7, 11) is 0. The van der Waals surface area contributed by atoms with Crippen LogP contribution in [0.25, 0.3) is 0 Å². The molecule has 0 saturated heterocycles. The molecule has 0 aliphatic rings. The van der Waals surface area contributed by atoms with Gasteiger partial charge in [0.05, 0.1) is 0 Å². The summed E-state index contributed by atoms with van der Waals surface area (Å²) in [6.45, 7) is 12.1. The number of ketones is 6. The van der Waals surface area contributed by atoms with Gasteiger partial charge in [0, 0.05) is 22.3 Å². The van der Waals surface area contributed by atoms with Crippen LogP contribution in [0.3, 0.4) is 0 Å². The van der Waals surface area contributed by atoms with Crippen LogP contribution in [0.2, 0.25) is 0 Å². The van der Waals surface area contributed by atoms with Crippen molar-refractivity contribution < 1.29 is 28.8 Å². The Kier molecular flexibility index (Phi) is 19.6. The summed E-state index contributed by atoms with van der Waals surface area (Å²) in [5, 5.41) is 0. The van der Waals surface area contributed by atoms with Gasteiger partial charge < -0.3 is 9.59 Å². The maximum Gasteiger partial charge on any atom is 0.159 e. The Bertz CT molecular complexity index is 1070. The van der Waals surface area contributed by atoms with Crippen molar-refractivity contribution in [1.29, 1.82) is 0 Å². The minimum atomic E-state index is -0.0156. The van der Waals surface area contributed by atoms with Gasteiger partial charge >= 0.3 is 0 Å². The van der Waals surface area contributed by atoms with Gasteiger partial charge in [-0.15, -0.1) is 0 Å². The molecule has 0 heterocycles. The van der Waals surface area contributed by atoms with Crippen molar-refractivity contribution >= 4 is 34.7 Å². The van der Waals surface area contributed by atoms with Crippen LogP contribution in [-0.2, 0) is 9.59 Å². The fourth-order valence-electron chi connectivity index (χ4n) is 2.28. The molecular weight excluding hydrogens is 480 g/mol. The standard InChI is InChI=1S/2C10H10O2.C6H6.2C3H6O/c1-7(11)9-3-5-10(6-4-9)8(2)12;1-7(11)9-4-3-5-10(6-9)8(2)12;1-2-4-6-5-3-1;2*1-3(2)4/h2*3-6H,1-2H3;1-6H;2*1-2H3. The van der Waals surface area contributed by atoms with Crippen LogP contribution in [0.15, 0.2) is 84.9 Å². The quantitative estimate of drug-likeness (QED) is 0.343. The molecule has 3 aromatic rings. The molecule has 0 spiro atoms. The molecular formula is C32H38O6. The Balaban J connectivity index is 0. The maximum atomic E-state index is 10.9. The van der Waals surface area contributed by atoms with Gasteiger partial charge in [0.15, 0.2) is 23.1 Å². The fraction of sp³-hybridized carbons (Fsp3) is 0.250. The lowest BCUT2D eigenvalue weighted by Gasteiger charge is -1.97. The highest BCUT2D eigenvalue weighted by atomic mass is 16.1. The smallest absolute Gasteiger partial charge is 0.159 e. The lowest BCUT2D eigenvalue weighted by molar-refractivity contribution is -0.115. The van der Waals surface area contributed by atoms with Crippen molar-refractivity contribution in [2.75, 3.05) is 0 Å². The van der Waals surface area contributed by atoms with Gasteiger partial charge in [-0.3, -0.25) is 19.2 Å². The lowest BCUT2D eigenvalue weighted by Crippen LogP contribution is -1.96. The molecule has 0 fully saturated rings. The second-order valence-electron chi connectivity index (χ2n) is 8.35. The Morgan fingerprint density at radius 1 is 0.342 bits per heavy atom. The Labute approximate surface area is 226 Å². The van der Waals surface area contributed by atoms with Gasteiger partial charge in [-0.25, -0.2) is 0 Å². The number of benzene rings is 3. The summed E-state index contributed by atoms with van der Waals surface area (Å²) in [6, 6.07) is 25.4. The Morgan fingerprint density at radius 3 is 0.737 bits per heavy atom. The zero-order valence-electron chi connectivity index (χ0n) is 23.5. The number of hydrogen-bond donors (Lipinski definition) is 0. The normalized spacial score (nSPS) is 8.63. The van der Waals surface area contributed by atoms with Crippen molar-refractivity contribution in [1.82, 2.24) is 0 Å². The number of hydrogen-bond acceptors (Lipinski definition) is 6. The summed E-state index contributed by atoms with van der Waals surface area (Å²) in [4.78, 5) is 62.4. The van der Waals surface area contributed by atoms with E-state index in [-0.39, 0.29) is 34.7 Å². The van der Waals surface area contributed by atoms with Crippen LogP contribution < -0.4 is 0 Å². The van der Waals surface area contributed by atoms with Crippen molar-refractivity contribution in [3.8, 4) is 0 Å². The van der Waals surface area contributed by atoms with E-state index in [0.29, 0.717) is 22.3 Å².